The first kappa shape index (κ1) is 12.0. The second-order valence-electron chi connectivity index (χ2n) is 5.51. The Kier molecular flexibility index (Phi) is 3.52. The van der Waals surface area contributed by atoms with Crippen LogP contribution in [0.4, 0.5) is 5.69 Å². The maximum atomic E-state index is 5.84. The van der Waals surface area contributed by atoms with E-state index >= 15 is 0 Å². The number of ether oxygens (including phenoxy) is 1. The van der Waals surface area contributed by atoms with Gasteiger partial charge in [0.25, 0.3) is 0 Å². The predicted octanol–water partition coefficient (Wildman–Crippen LogP) is 2.27. The van der Waals surface area contributed by atoms with E-state index in [1.165, 1.54) is 24.1 Å². The van der Waals surface area contributed by atoms with Gasteiger partial charge in [-0.25, -0.2) is 0 Å². The lowest BCUT2D eigenvalue weighted by atomic mass is 10.2. The van der Waals surface area contributed by atoms with Gasteiger partial charge in [-0.1, -0.05) is 17.7 Å². The van der Waals surface area contributed by atoms with Crippen molar-refractivity contribution in [2.75, 3.05) is 31.5 Å². The van der Waals surface area contributed by atoms with Crippen molar-refractivity contribution in [3.63, 3.8) is 0 Å². The molecule has 0 aliphatic carbocycles. The van der Waals surface area contributed by atoms with E-state index in [2.05, 4.69) is 41.4 Å². The molecule has 1 aromatic carbocycles. The molecule has 98 valence electrons. The Morgan fingerprint density at radius 3 is 2.50 bits per heavy atom. The van der Waals surface area contributed by atoms with Crippen molar-refractivity contribution in [2.24, 2.45) is 0 Å². The second kappa shape index (κ2) is 5.29. The van der Waals surface area contributed by atoms with Gasteiger partial charge in [-0.05, 0) is 31.9 Å². The molecular weight excluding hydrogens is 224 g/mol. The van der Waals surface area contributed by atoms with E-state index in [0.717, 1.165) is 26.2 Å². The predicted molar refractivity (Wildman–Crippen MR) is 74.0 cm³/mol. The summed E-state index contributed by atoms with van der Waals surface area (Å²) in [5, 5.41) is 3.49. The quantitative estimate of drug-likeness (QED) is 0.882. The molecule has 0 amide bonds. The van der Waals surface area contributed by atoms with E-state index in [-0.39, 0.29) is 0 Å². The third-order valence-electron chi connectivity index (χ3n) is 3.93. The lowest BCUT2D eigenvalue weighted by Crippen LogP contribution is -2.44. The van der Waals surface area contributed by atoms with E-state index in [1.54, 1.807) is 0 Å². The Bertz CT molecular complexity index is 378. The topological polar surface area (TPSA) is 24.5 Å². The fourth-order valence-electron chi connectivity index (χ4n) is 2.91. The molecule has 2 unspecified atom stereocenters. The molecule has 0 spiro atoms. The molecule has 0 aromatic heterocycles. The fraction of sp³-hybridized carbons (Fsp3) is 0.600. The van der Waals surface area contributed by atoms with Crippen LogP contribution >= 0.6 is 0 Å². The van der Waals surface area contributed by atoms with Gasteiger partial charge in [0.05, 0.1) is 12.2 Å². The van der Waals surface area contributed by atoms with Crippen LogP contribution < -0.4 is 5.32 Å². The van der Waals surface area contributed by atoms with Crippen molar-refractivity contribution in [2.45, 2.75) is 32.0 Å². The van der Waals surface area contributed by atoms with Gasteiger partial charge in [0, 0.05) is 31.9 Å². The first-order chi connectivity index (χ1) is 8.79. The molecule has 2 fully saturated rings. The molecular formula is C15H22N2O. The highest BCUT2D eigenvalue weighted by Crippen LogP contribution is 2.25. The Labute approximate surface area is 109 Å². The summed E-state index contributed by atoms with van der Waals surface area (Å²) in [7, 11) is 0. The molecule has 2 aliphatic heterocycles. The molecule has 18 heavy (non-hydrogen) atoms. The van der Waals surface area contributed by atoms with Gasteiger partial charge >= 0.3 is 0 Å². The van der Waals surface area contributed by atoms with Crippen molar-refractivity contribution in [3.8, 4) is 0 Å². The Balaban J connectivity index is 1.43. The van der Waals surface area contributed by atoms with E-state index < -0.39 is 0 Å². The molecule has 2 heterocycles. The summed E-state index contributed by atoms with van der Waals surface area (Å²) in [6.07, 6.45) is 3.52. The highest BCUT2D eigenvalue weighted by molar-refractivity contribution is 5.44. The SMILES string of the molecule is Cc1ccc(NCCN2CC3CCC(C2)O3)cc1. The Morgan fingerprint density at radius 2 is 1.83 bits per heavy atom. The highest BCUT2D eigenvalue weighted by atomic mass is 16.5. The zero-order valence-corrected chi connectivity index (χ0v) is 11.1. The third kappa shape index (κ3) is 2.85. The normalized spacial score (nSPS) is 27.4. The highest BCUT2D eigenvalue weighted by Gasteiger charge is 2.33. The van der Waals surface area contributed by atoms with Gasteiger partial charge in [0.1, 0.15) is 0 Å². The maximum Gasteiger partial charge on any atom is 0.0707 e. The summed E-state index contributed by atoms with van der Waals surface area (Å²) in [5.74, 6) is 0. The molecule has 1 N–H and O–H groups in total. The molecule has 0 saturated carbocycles. The molecule has 2 aliphatic rings. The minimum atomic E-state index is 0.503. The molecule has 2 bridgehead atoms. The Morgan fingerprint density at radius 1 is 1.17 bits per heavy atom. The number of anilines is 1. The van der Waals surface area contributed by atoms with Crippen LogP contribution in [-0.4, -0.2) is 43.3 Å². The van der Waals surface area contributed by atoms with Crippen molar-refractivity contribution < 1.29 is 4.74 Å². The van der Waals surface area contributed by atoms with Gasteiger partial charge in [-0.2, -0.15) is 0 Å². The van der Waals surface area contributed by atoms with Gasteiger partial charge in [0.2, 0.25) is 0 Å². The molecule has 3 heteroatoms. The van der Waals surface area contributed by atoms with Crippen LogP contribution in [0.3, 0.4) is 0 Å². The largest absolute Gasteiger partial charge is 0.384 e. The molecule has 0 radical (unpaired) electrons. The molecule has 3 rings (SSSR count). The van der Waals surface area contributed by atoms with Crippen LogP contribution in [0.1, 0.15) is 18.4 Å². The van der Waals surface area contributed by atoms with Crippen LogP contribution in [0.5, 0.6) is 0 Å². The summed E-state index contributed by atoms with van der Waals surface area (Å²) in [4.78, 5) is 2.53. The average molecular weight is 246 g/mol. The number of likely N-dealkylation sites (tertiary alicyclic amines) is 1. The number of nitrogens with one attached hydrogen (secondary N) is 1. The van der Waals surface area contributed by atoms with Crippen molar-refractivity contribution in [3.05, 3.63) is 29.8 Å². The van der Waals surface area contributed by atoms with Crippen LogP contribution in [0.25, 0.3) is 0 Å². The fourth-order valence-corrected chi connectivity index (χ4v) is 2.91. The minimum Gasteiger partial charge on any atom is -0.384 e. The molecule has 3 nitrogen and oxygen atoms in total. The van der Waals surface area contributed by atoms with Gasteiger partial charge < -0.3 is 10.1 Å². The summed E-state index contributed by atoms with van der Waals surface area (Å²) in [6.45, 7) is 6.48. The number of hydrogen-bond donors (Lipinski definition) is 1. The van der Waals surface area contributed by atoms with E-state index in [1.807, 2.05) is 0 Å². The molecule has 2 saturated heterocycles. The standard InChI is InChI=1S/C15H22N2O/c1-12-2-4-13(5-3-12)16-8-9-17-10-14-6-7-15(11-17)18-14/h2-5,14-16H,6-11H2,1H3. The minimum absolute atomic E-state index is 0.503. The van der Waals surface area contributed by atoms with Gasteiger partial charge in [-0.3, -0.25) is 4.90 Å². The number of fused-ring (bicyclic) bond motifs is 2. The summed E-state index contributed by atoms with van der Waals surface area (Å²) < 4.78 is 5.84. The van der Waals surface area contributed by atoms with Crippen LogP contribution in [0.15, 0.2) is 24.3 Å². The first-order valence-electron chi connectivity index (χ1n) is 6.98. The number of morpholine rings is 1. The van der Waals surface area contributed by atoms with Gasteiger partial charge in [-0.15, -0.1) is 0 Å². The van der Waals surface area contributed by atoms with E-state index in [0.29, 0.717) is 12.2 Å². The number of rotatable bonds is 4. The lowest BCUT2D eigenvalue weighted by Gasteiger charge is -2.32. The Hall–Kier alpha value is -1.06. The molecule has 1 aromatic rings. The zero-order valence-electron chi connectivity index (χ0n) is 11.1. The number of hydrogen-bond acceptors (Lipinski definition) is 3. The zero-order chi connectivity index (χ0) is 12.4. The van der Waals surface area contributed by atoms with Crippen molar-refractivity contribution >= 4 is 5.69 Å². The van der Waals surface area contributed by atoms with Crippen LogP contribution in [0, 0.1) is 6.92 Å². The van der Waals surface area contributed by atoms with Gasteiger partial charge in [0.15, 0.2) is 0 Å². The average Bonchev–Trinajstić information content (AvgIpc) is 2.71. The third-order valence-corrected chi connectivity index (χ3v) is 3.93. The number of nitrogens with zero attached hydrogens (tertiary/aromatic N) is 1. The van der Waals surface area contributed by atoms with E-state index in [9.17, 15) is 0 Å². The first-order valence-corrected chi connectivity index (χ1v) is 6.98. The number of benzene rings is 1. The van der Waals surface area contributed by atoms with Crippen molar-refractivity contribution in [1.29, 1.82) is 0 Å². The second-order valence-corrected chi connectivity index (χ2v) is 5.51. The smallest absolute Gasteiger partial charge is 0.0707 e. The van der Waals surface area contributed by atoms with Crippen LogP contribution in [-0.2, 0) is 4.74 Å². The monoisotopic (exact) mass is 246 g/mol. The maximum absolute atomic E-state index is 5.84. The van der Waals surface area contributed by atoms with E-state index in [4.69, 9.17) is 4.74 Å². The lowest BCUT2D eigenvalue weighted by molar-refractivity contribution is -0.0368. The summed E-state index contributed by atoms with van der Waals surface area (Å²) in [6, 6.07) is 8.60. The molecule has 2 atom stereocenters. The van der Waals surface area contributed by atoms with Crippen LogP contribution in [0.2, 0.25) is 0 Å². The number of aryl methyl sites for hydroxylation is 1. The summed E-state index contributed by atoms with van der Waals surface area (Å²) in [5.41, 5.74) is 2.53. The van der Waals surface area contributed by atoms with Crippen molar-refractivity contribution in [1.82, 2.24) is 4.90 Å². The summed E-state index contributed by atoms with van der Waals surface area (Å²) >= 11 is 0.